The van der Waals surface area contributed by atoms with Crippen LogP contribution in [0.3, 0.4) is 0 Å². The second-order valence-electron chi connectivity index (χ2n) is 4.11. The summed E-state index contributed by atoms with van der Waals surface area (Å²) < 4.78 is 17.5. The lowest BCUT2D eigenvalue weighted by molar-refractivity contribution is -0.158. The Bertz CT molecular complexity index is 496. The van der Waals surface area contributed by atoms with Crippen molar-refractivity contribution in [1.82, 2.24) is 4.90 Å². The summed E-state index contributed by atoms with van der Waals surface area (Å²) in [6.45, 7) is -0.260. The van der Waals surface area contributed by atoms with Crippen LogP contribution < -0.4 is 0 Å². The normalized spacial score (nSPS) is 15.7. The first-order valence-corrected chi connectivity index (χ1v) is 5.77. The third kappa shape index (κ3) is 3.23. The van der Waals surface area contributed by atoms with E-state index in [0.717, 1.165) is 4.90 Å². The van der Waals surface area contributed by atoms with Gasteiger partial charge in [-0.1, -0.05) is 0 Å². The van der Waals surface area contributed by atoms with Crippen LogP contribution in [0.15, 0.2) is 24.3 Å². The van der Waals surface area contributed by atoms with Gasteiger partial charge < -0.3 is 4.74 Å². The molecule has 0 spiro atoms. The van der Waals surface area contributed by atoms with E-state index in [1.807, 2.05) is 0 Å². The van der Waals surface area contributed by atoms with Crippen LogP contribution in [0.2, 0.25) is 0 Å². The van der Waals surface area contributed by atoms with Gasteiger partial charge in [-0.15, -0.1) is 0 Å². The Morgan fingerprint density at radius 3 is 2.32 bits per heavy atom. The molecule has 1 fully saturated rings. The summed E-state index contributed by atoms with van der Waals surface area (Å²) in [5.74, 6) is -1.55. The van der Waals surface area contributed by atoms with Crippen LogP contribution in [-0.4, -0.2) is 42.3 Å². The predicted molar refractivity (Wildman–Crippen MR) is 62.9 cm³/mol. The molecule has 1 aromatic carbocycles. The minimum absolute atomic E-state index is 0.0170. The minimum Gasteiger partial charge on any atom is -0.362 e. The molecule has 0 N–H and O–H groups in total. The lowest BCUT2D eigenvalue weighted by Gasteiger charge is -2.24. The molecule has 100 valence electrons. The fourth-order valence-electron chi connectivity index (χ4n) is 1.76. The Morgan fingerprint density at radius 1 is 1.16 bits per heavy atom. The summed E-state index contributed by atoms with van der Waals surface area (Å²) in [5.41, 5.74) is 0.356. The van der Waals surface area contributed by atoms with E-state index in [1.54, 1.807) is 0 Å². The van der Waals surface area contributed by atoms with Crippen LogP contribution in [0, 0.1) is 5.82 Å². The standard InChI is InChI=1S/C13H12FNO4/c14-10-3-1-9(2-4-10)11(16)5-6-15-12(17)7-19-8-13(15)18/h1-4H,5-8H2. The Kier molecular flexibility index (Phi) is 4.01. The average Bonchev–Trinajstić information content (AvgIpc) is 2.38. The van der Waals surface area contributed by atoms with Crippen molar-refractivity contribution in [3.05, 3.63) is 35.6 Å². The van der Waals surface area contributed by atoms with Crippen LogP contribution in [0.5, 0.6) is 0 Å². The molecular weight excluding hydrogens is 253 g/mol. The quantitative estimate of drug-likeness (QED) is 0.596. The van der Waals surface area contributed by atoms with E-state index >= 15 is 0 Å². The molecule has 1 saturated heterocycles. The van der Waals surface area contributed by atoms with Crippen molar-refractivity contribution in [3.63, 3.8) is 0 Å². The number of carbonyl (C=O) groups excluding carboxylic acids is 3. The Labute approximate surface area is 109 Å². The molecule has 0 saturated carbocycles. The fraction of sp³-hybridized carbons (Fsp3) is 0.308. The number of carbonyl (C=O) groups is 3. The zero-order valence-corrected chi connectivity index (χ0v) is 10.1. The molecule has 1 aliphatic heterocycles. The maximum absolute atomic E-state index is 12.7. The van der Waals surface area contributed by atoms with Crippen LogP contribution in [0.25, 0.3) is 0 Å². The van der Waals surface area contributed by atoms with Crippen molar-refractivity contribution in [1.29, 1.82) is 0 Å². The van der Waals surface area contributed by atoms with E-state index in [-0.39, 0.29) is 32.0 Å². The molecule has 0 bridgehead atoms. The number of amides is 2. The Morgan fingerprint density at radius 2 is 1.74 bits per heavy atom. The van der Waals surface area contributed by atoms with E-state index in [4.69, 9.17) is 4.74 Å². The highest BCUT2D eigenvalue weighted by Crippen LogP contribution is 2.08. The van der Waals surface area contributed by atoms with E-state index in [2.05, 4.69) is 0 Å². The van der Waals surface area contributed by atoms with Crippen LogP contribution >= 0.6 is 0 Å². The molecule has 2 rings (SSSR count). The third-order valence-corrected chi connectivity index (χ3v) is 2.78. The van der Waals surface area contributed by atoms with Crippen molar-refractivity contribution in [2.75, 3.05) is 19.8 Å². The van der Waals surface area contributed by atoms with Crippen molar-refractivity contribution >= 4 is 17.6 Å². The second kappa shape index (κ2) is 5.71. The SMILES string of the molecule is O=C(CCN1C(=O)COCC1=O)c1ccc(F)cc1. The highest BCUT2D eigenvalue weighted by Gasteiger charge is 2.26. The van der Waals surface area contributed by atoms with Gasteiger partial charge in [0.25, 0.3) is 11.8 Å². The number of nitrogens with zero attached hydrogens (tertiary/aromatic N) is 1. The molecule has 0 unspecified atom stereocenters. The van der Waals surface area contributed by atoms with Crippen LogP contribution in [0.4, 0.5) is 4.39 Å². The fourth-order valence-corrected chi connectivity index (χ4v) is 1.76. The van der Waals surface area contributed by atoms with Gasteiger partial charge in [-0.25, -0.2) is 4.39 Å². The number of ketones is 1. The average molecular weight is 265 g/mol. The van der Waals surface area contributed by atoms with E-state index in [0.29, 0.717) is 5.56 Å². The van der Waals surface area contributed by atoms with Gasteiger partial charge in [0.2, 0.25) is 0 Å². The lowest BCUT2D eigenvalue weighted by atomic mass is 10.1. The summed E-state index contributed by atoms with van der Waals surface area (Å²) in [6.07, 6.45) is 0.0170. The van der Waals surface area contributed by atoms with Crippen LogP contribution in [0.1, 0.15) is 16.8 Å². The minimum atomic E-state index is -0.442. The number of hydrogen-bond donors (Lipinski definition) is 0. The zero-order valence-electron chi connectivity index (χ0n) is 10.1. The number of halogens is 1. The zero-order chi connectivity index (χ0) is 13.8. The van der Waals surface area contributed by atoms with Gasteiger partial charge in [0.1, 0.15) is 19.0 Å². The second-order valence-corrected chi connectivity index (χ2v) is 4.11. The number of hydrogen-bond acceptors (Lipinski definition) is 4. The molecule has 1 aromatic rings. The summed E-state index contributed by atoms with van der Waals surface area (Å²) in [4.78, 5) is 35.7. The number of Topliss-reactive ketones (excluding diaryl/α,β-unsaturated/α-hetero) is 1. The molecule has 2 amide bonds. The highest BCUT2D eigenvalue weighted by atomic mass is 19.1. The first kappa shape index (κ1) is 13.4. The van der Waals surface area contributed by atoms with Gasteiger partial charge >= 0.3 is 0 Å². The maximum atomic E-state index is 12.7. The van der Waals surface area contributed by atoms with Gasteiger partial charge in [-0.3, -0.25) is 19.3 Å². The summed E-state index contributed by atoms with van der Waals surface area (Å²) in [5, 5.41) is 0. The molecule has 1 aliphatic rings. The van der Waals surface area contributed by atoms with Gasteiger partial charge in [0, 0.05) is 18.5 Å². The molecular formula is C13H12FNO4. The highest BCUT2D eigenvalue weighted by molar-refractivity contribution is 6.00. The number of rotatable bonds is 4. The summed E-state index contributed by atoms with van der Waals surface area (Å²) in [6, 6.07) is 5.14. The molecule has 5 nitrogen and oxygen atoms in total. The number of benzene rings is 1. The molecule has 6 heteroatoms. The third-order valence-electron chi connectivity index (χ3n) is 2.78. The van der Waals surface area contributed by atoms with Crippen LogP contribution in [-0.2, 0) is 14.3 Å². The molecule has 0 atom stereocenters. The van der Waals surface area contributed by atoms with Gasteiger partial charge in [0.05, 0.1) is 0 Å². The topological polar surface area (TPSA) is 63.7 Å². The van der Waals surface area contributed by atoms with Gasteiger partial charge in [-0.05, 0) is 24.3 Å². The Balaban J connectivity index is 1.94. The van der Waals surface area contributed by atoms with E-state index < -0.39 is 17.6 Å². The smallest absolute Gasteiger partial charge is 0.255 e. The van der Waals surface area contributed by atoms with Crippen molar-refractivity contribution in [2.45, 2.75) is 6.42 Å². The van der Waals surface area contributed by atoms with E-state index in [9.17, 15) is 18.8 Å². The molecule has 19 heavy (non-hydrogen) atoms. The maximum Gasteiger partial charge on any atom is 0.255 e. The largest absolute Gasteiger partial charge is 0.362 e. The first-order chi connectivity index (χ1) is 9.08. The van der Waals surface area contributed by atoms with Crippen molar-refractivity contribution in [3.8, 4) is 0 Å². The molecule has 0 aliphatic carbocycles. The monoisotopic (exact) mass is 265 g/mol. The molecule has 0 radical (unpaired) electrons. The summed E-state index contributed by atoms with van der Waals surface area (Å²) >= 11 is 0. The first-order valence-electron chi connectivity index (χ1n) is 5.77. The number of imide groups is 1. The van der Waals surface area contributed by atoms with Gasteiger partial charge in [0.15, 0.2) is 5.78 Å². The van der Waals surface area contributed by atoms with Gasteiger partial charge in [-0.2, -0.15) is 0 Å². The lowest BCUT2D eigenvalue weighted by Crippen LogP contribution is -2.46. The van der Waals surface area contributed by atoms with E-state index in [1.165, 1.54) is 24.3 Å². The van der Waals surface area contributed by atoms with Crippen molar-refractivity contribution < 1.29 is 23.5 Å². The Hall–Kier alpha value is -2.08. The number of ether oxygens (including phenoxy) is 1. The summed E-state index contributed by atoms with van der Waals surface area (Å²) in [7, 11) is 0. The molecule has 0 aromatic heterocycles. The molecule has 1 heterocycles. The number of morpholine rings is 1. The van der Waals surface area contributed by atoms with Crippen molar-refractivity contribution in [2.24, 2.45) is 0 Å². The predicted octanol–water partition coefficient (Wildman–Crippen LogP) is 0.784.